The molecule has 1 unspecified atom stereocenters. The Hall–Kier alpha value is -1.90. The number of nitrogens with one attached hydrogen (secondary N) is 1. The molecule has 2 aromatic rings. The summed E-state index contributed by atoms with van der Waals surface area (Å²) in [5.41, 5.74) is 6.58. The van der Waals surface area contributed by atoms with Gasteiger partial charge in [-0.3, -0.25) is 9.97 Å². The quantitative estimate of drug-likeness (QED) is 0.801. The molecule has 0 saturated heterocycles. The molecule has 0 radical (unpaired) electrons. The molecule has 0 amide bonds. The van der Waals surface area contributed by atoms with E-state index >= 15 is 0 Å². The topological polar surface area (TPSA) is 98.0 Å². The van der Waals surface area contributed by atoms with Gasteiger partial charge in [-0.25, -0.2) is 13.1 Å². The highest BCUT2D eigenvalue weighted by atomic mass is 32.2. The van der Waals surface area contributed by atoms with E-state index in [1.807, 2.05) is 0 Å². The minimum atomic E-state index is -3.67. The Morgan fingerprint density at radius 2 is 2.10 bits per heavy atom. The third-order valence-electron chi connectivity index (χ3n) is 2.82. The van der Waals surface area contributed by atoms with Crippen molar-refractivity contribution in [2.75, 3.05) is 0 Å². The summed E-state index contributed by atoms with van der Waals surface area (Å²) in [7, 11) is -3.67. The Morgan fingerprint density at radius 3 is 2.62 bits per heavy atom. The van der Waals surface area contributed by atoms with E-state index in [0.29, 0.717) is 5.69 Å². The Balaban J connectivity index is 2.20. The lowest BCUT2D eigenvalue weighted by atomic mass is 10.2. The zero-order chi connectivity index (χ0) is 15.5. The zero-order valence-corrected chi connectivity index (χ0v) is 12.9. The average molecular weight is 322 g/mol. The van der Waals surface area contributed by atoms with E-state index in [4.69, 9.17) is 18.0 Å². The monoisotopic (exact) mass is 322 g/mol. The second-order valence-electron chi connectivity index (χ2n) is 4.37. The normalized spacial score (nSPS) is 12.8. The highest BCUT2D eigenvalue weighted by molar-refractivity contribution is 7.89. The maximum Gasteiger partial charge on any atom is 0.242 e. The van der Waals surface area contributed by atoms with E-state index in [0.717, 1.165) is 5.56 Å². The fraction of sp³-hybridized carbons (Fsp3) is 0.154. The summed E-state index contributed by atoms with van der Waals surface area (Å²) in [6, 6.07) is 6.04. The molecule has 0 fully saturated rings. The predicted octanol–water partition coefficient (Wildman–Crippen LogP) is 1.15. The first-order valence-electron chi connectivity index (χ1n) is 6.08. The summed E-state index contributed by atoms with van der Waals surface area (Å²) in [4.78, 5) is 8.07. The maximum atomic E-state index is 12.3. The summed E-state index contributed by atoms with van der Waals surface area (Å²) in [6.07, 6.45) is 4.47. The molecule has 6 nitrogen and oxygen atoms in total. The average Bonchev–Trinajstić information content (AvgIpc) is 2.48. The molecule has 0 spiro atoms. The van der Waals surface area contributed by atoms with E-state index in [1.54, 1.807) is 31.5 Å². The van der Waals surface area contributed by atoms with Crippen LogP contribution in [0.15, 0.2) is 47.8 Å². The van der Waals surface area contributed by atoms with Crippen LogP contribution in [0.2, 0.25) is 0 Å². The molecule has 2 rings (SSSR count). The van der Waals surface area contributed by atoms with Gasteiger partial charge in [0.05, 0.1) is 5.69 Å². The van der Waals surface area contributed by atoms with Crippen molar-refractivity contribution in [2.24, 2.45) is 5.73 Å². The highest BCUT2D eigenvalue weighted by Gasteiger charge is 2.19. The molecule has 2 heterocycles. The molecule has 21 heavy (non-hydrogen) atoms. The summed E-state index contributed by atoms with van der Waals surface area (Å²) in [6.45, 7) is 1.74. The molecular formula is C13H14N4O2S2. The van der Waals surface area contributed by atoms with Gasteiger partial charge < -0.3 is 5.73 Å². The van der Waals surface area contributed by atoms with Crippen LogP contribution in [0.3, 0.4) is 0 Å². The highest BCUT2D eigenvalue weighted by Crippen LogP contribution is 2.15. The first kappa shape index (κ1) is 15.5. The number of hydrogen-bond donors (Lipinski definition) is 2. The van der Waals surface area contributed by atoms with E-state index in [1.165, 1.54) is 18.3 Å². The number of rotatable bonds is 5. The van der Waals surface area contributed by atoms with Crippen LogP contribution in [0.1, 0.15) is 24.2 Å². The fourth-order valence-corrected chi connectivity index (χ4v) is 2.98. The van der Waals surface area contributed by atoms with Gasteiger partial charge >= 0.3 is 0 Å². The van der Waals surface area contributed by atoms with Gasteiger partial charge in [0.15, 0.2) is 0 Å². The summed E-state index contributed by atoms with van der Waals surface area (Å²) < 4.78 is 27.1. The van der Waals surface area contributed by atoms with Crippen molar-refractivity contribution in [2.45, 2.75) is 17.9 Å². The molecule has 0 aromatic carbocycles. The fourth-order valence-electron chi connectivity index (χ4n) is 1.69. The second-order valence-corrected chi connectivity index (χ2v) is 6.53. The smallest absolute Gasteiger partial charge is 0.242 e. The lowest BCUT2D eigenvalue weighted by Gasteiger charge is -2.14. The molecule has 3 N–H and O–H groups in total. The largest absolute Gasteiger partial charge is 0.388 e. The van der Waals surface area contributed by atoms with Crippen molar-refractivity contribution in [1.29, 1.82) is 0 Å². The number of hydrogen-bond acceptors (Lipinski definition) is 5. The van der Waals surface area contributed by atoms with Crippen LogP contribution in [-0.2, 0) is 10.0 Å². The van der Waals surface area contributed by atoms with Crippen LogP contribution < -0.4 is 10.5 Å². The molecule has 0 saturated carbocycles. The van der Waals surface area contributed by atoms with Crippen molar-refractivity contribution in [3.63, 3.8) is 0 Å². The van der Waals surface area contributed by atoms with Crippen LogP contribution in [-0.4, -0.2) is 23.4 Å². The van der Waals surface area contributed by atoms with Crippen molar-refractivity contribution >= 4 is 27.2 Å². The predicted molar refractivity (Wildman–Crippen MR) is 83.1 cm³/mol. The summed E-state index contributed by atoms with van der Waals surface area (Å²) >= 11 is 4.78. The molecule has 0 bridgehead atoms. The van der Waals surface area contributed by atoms with Crippen molar-refractivity contribution < 1.29 is 8.42 Å². The number of aromatic nitrogens is 2. The van der Waals surface area contributed by atoms with Gasteiger partial charge in [-0.15, -0.1) is 0 Å². The standard InChI is InChI=1S/C13H14N4O2S2/c1-9(10-3-2-6-15-7-10)17-21(18,19)11-4-5-12(13(14)20)16-8-11/h2-9,17H,1H3,(H2,14,20). The van der Waals surface area contributed by atoms with Crippen LogP contribution in [0.25, 0.3) is 0 Å². The SMILES string of the molecule is CC(NS(=O)(=O)c1ccc(C(N)=S)nc1)c1cccnc1. The minimum absolute atomic E-state index is 0.0539. The number of pyridine rings is 2. The van der Waals surface area contributed by atoms with Crippen molar-refractivity contribution in [1.82, 2.24) is 14.7 Å². The molecule has 0 aliphatic heterocycles. The van der Waals surface area contributed by atoms with Crippen LogP contribution in [0.5, 0.6) is 0 Å². The minimum Gasteiger partial charge on any atom is -0.388 e. The second kappa shape index (κ2) is 6.25. The molecule has 8 heteroatoms. The lowest BCUT2D eigenvalue weighted by molar-refractivity contribution is 0.566. The van der Waals surface area contributed by atoms with E-state index in [9.17, 15) is 8.42 Å². The van der Waals surface area contributed by atoms with Crippen molar-refractivity contribution in [3.05, 3.63) is 54.1 Å². The number of thiocarbonyl (C=S) groups is 1. The Morgan fingerprint density at radius 1 is 1.33 bits per heavy atom. The molecule has 0 aliphatic rings. The Kier molecular flexibility index (Phi) is 4.61. The molecule has 0 aliphatic carbocycles. The van der Waals surface area contributed by atoms with Gasteiger partial charge in [0.1, 0.15) is 9.88 Å². The first-order valence-corrected chi connectivity index (χ1v) is 7.97. The van der Waals surface area contributed by atoms with E-state index < -0.39 is 16.1 Å². The van der Waals surface area contributed by atoms with Gasteiger partial charge in [-0.05, 0) is 30.7 Å². The van der Waals surface area contributed by atoms with Gasteiger partial charge in [-0.1, -0.05) is 18.3 Å². The molecule has 110 valence electrons. The number of sulfonamides is 1. The van der Waals surface area contributed by atoms with Gasteiger partial charge in [0, 0.05) is 24.6 Å². The summed E-state index contributed by atoms with van der Waals surface area (Å²) in [5.74, 6) is 0. The first-order chi connectivity index (χ1) is 9.90. The third kappa shape index (κ3) is 3.81. The summed E-state index contributed by atoms with van der Waals surface area (Å²) in [5, 5.41) is 0. The van der Waals surface area contributed by atoms with Crippen molar-refractivity contribution in [3.8, 4) is 0 Å². The molecular weight excluding hydrogens is 308 g/mol. The van der Waals surface area contributed by atoms with E-state index in [-0.39, 0.29) is 9.88 Å². The van der Waals surface area contributed by atoms with Gasteiger partial charge in [0.25, 0.3) is 0 Å². The Bertz CT molecular complexity index is 731. The molecule has 2 aromatic heterocycles. The van der Waals surface area contributed by atoms with Gasteiger partial charge in [-0.2, -0.15) is 0 Å². The van der Waals surface area contributed by atoms with E-state index in [2.05, 4.69) is 14.7 Å². The lowest BCUT2D eigenvalue weighted by Crippen LogP contribution is -2.27. The zero-order valence-electron chi connectivity index (χ0n) is 11.2. The third-order valence-corrected chi connectivity index (χ3v) is 4.55. The number of nitrogens with two attached hydrogens (primary N) is 1. The van der Waals surface area contributed by atoms with Crippen LogP contribution in [0, 0.1) is 0 Å². The molecule has 1 atom stereocenters. The van der Waals surface area contributed by atoms with Crippen LogP contribution in [0.4, 0.5) is 0 Å². The maximum absolute atomic E-state index is 12.3. The number of nitrogens with zero attached hydrogens (tertiary/aromatic N) is 2. The van der Waals surface area contributed by atoms with Crippen LogP contribution >= 0.6 is 12.2 Å². The Labute approximate surface area is 128 Å². The van der Waals surface area contributed by atoms with Gasteiger partial charge in [0.2, 0.25) is 10.0 Å².